The van der Waals surface area contributed by atoms with Crippen LogP contribution in [0.25, 0.3) is 0 Å². The smallest absolute Gasteiger partial charge is 0.271 e. The van der Waals surface area contributed by atoms with Gasteiger partial charge in [0.15, 0.2) is 0 Å². The fraction of sp³-hybridized carbons (Fsp3) is 0.500. The monoisotopic (exact) mass is 333 g/mol. The molecule has 0 aliphatic carbocycles. The minimum Gasteiger partial charge on any atom is -0.315 e. The Morgan fingerprint density at radius 3 is 2.71 bits per heavy atom. The van der Waals surface area contributed by atoms with E-state index >= 15 is 0 Å². The molecule has 1 aromatic rings. The zero-order valence-electron chi connectivity index (χ0n) is 11.4. The molecule has 1 aliphatic heterocycles. The second kappa shape index (κ2) is 5.88. The maximum absolute atomic E-state index is 12.6. The van der Waals surface area contributed by atoms with Gasteiger partial charge in [0.05, 0.1) is 16.1 Å². The maximum Gasteiger partial charge on any atom is 0.271 e. The van der Waals surface area contributed by atoms with Crippen LogP contribution in [-0.4, -0.2) is 30.4 Å². The van der Waals surface area contributed by atoms with E-state index in [4.69, 9.17) is 17.3 Å². The normalized spacial score (nSPS) is 24.0. The molecule has 2 rings (SSSR count). The predicted molar refractivity (Wildman–Crippen MR) is 78.4 cm³/mol. The zero-order valence-corrected chi connectivity index (χ0v) is 13.0. The van der Waals surface area contributed by atoms with E-state index < -0.39 is 21.1 Å². The Balaban J connectivity index is 2.42. The summed E-state index contributed by atoms with van der Waals surface area (Å²) in [6, 6.07) is 3.31. The summed E-state index contributed by atoms with van der Waals surface area (Å²) >= 11 is 5.91. The first-order valence-electron chi connectivity index (χ1n) is 6.46. The van der Waals surface area contributed by atoms with Gasteiger partial charge in [-0.3, -0.25) is 10.1 Å². The molecule has 1 heterocycles. The summed E-state index contributed by atoms with van der Waals surface area (Å²) in [7, 11) is -3.86. The average molecular weight is 334 g/mol. The van der Waals surface area contributed by atoms with E-state index in [0.29, 0.717) is 6.54 Å². The molecular formula is C12H16ClN3O4S. The molecular weight excluding hydrogens is 318 g/mol. The number of sulfonamides is 1. The average Bonchev–Trinajstić information content (AvgIpc) is 2.41. The predicted octanol–water partition coefficient (Wildman–Crippen LogP) is 1.95. The third-order valence-corrected chi connectivity index (χ3v) is 6.05. The van der Waals surface area contributed by atoms with E-state index in [9.17, 15) is 18.5 Å². The van der Waals surface area contributed by atoms with Gasteiger partial charge in [-0.15, -0.1) is 0 Å². The molecule has 116 valence electrons. The van der Waals surface area contributed by atoms with Crippen LogP contribution in [0.3, 0.4) is 0 Å². The molecule has 0 amide bonds. The minimum atomic E-state index is -3.86. The van der Waals surface area contributed by atoms with Gasteiger partial charge in [-0.05, 0) is 24.8 Å². The Morgan fingerprint density at radius 2 is 2.14 bits per heavy atom. The van der Waals surface area contributed by atoms with Crippen LogP contribution in [0.1, 0.15) is 19.8 Å². The van der Waals surface area contributed by atoms with Crippen molar-refractivity contribution < 1.29 is 13.3 Å². The van der Waals surface area contributed by atoms with E-state index in [2.05, 4.69) is 0 Å². The van der Waals surface area contributed by atoms with Gasteiger partial charge in [0.2, 0.25) is 10.0 Å². The van der Waals surface area contributed by atoms with Crippen molar-refractivity contribution in [3.8, 4) is 0 Å². The first kappa shape index (κ1) is 16.2. The number of hydrogen-bond donors (Lipinski definition) is 1. The molecule has 2 N–H and O–H groups in total. The number of non-ortho nitro benzene ring substituents is 1. The van der Waals surface area contributed by atoms with Gasteiger partial charge in [0.25, 0.3) is 5.69 Å². The number of nitro benzene ring substituents is 1. The van der Waals surface area contributed by atoms with E-state index in [0.717, 1.165) is 31.0 Å². The number of rotatable bonds is 3. The van der Waals surface area contributed by atoms with E-state index in [1.54, 1.807) is 0 Å². The summed E-state index contributed by atoms with van der Waals surface area (Å²) in [6.45, 7) is 2.21. The largest absolute Gasteiger partial charge is 0.315 e. The van der Waals surface area contributed by atoms with Crippen LogP contribution in [0, 0.1) is 16.0 Å². The van der Waals surface area contributed by atoms with Crippen molar-refractivity contribution in [3.63, 3.8) is 0 Å². The molecule has 0 spiro atoms. The highest BCUT2D eigenvalue weighted by molar-refractivity contribution is 7.89. The third-order valence-electron chi connectivity index (χ3n) is 3.67. The quantitative estimate of drug-likeness (QED) is 0.672. The van der Waals surface area contributed by atoms with E-state index in [-0.39, 0.29) is 21.5 Å². The number of nitrogens with zero attached hydrogens (tertiary/aromatic N) is 2. The lowest BCUT2D eigenvalue weighted by molar-refractivity contribution is -0.384. The summed E-state index contributed by atoms with van der Waals surface area (Å²) in [5.41, 5.74) is 5.72. The van der Waals surface area contributed by atoms with Gasteiger partial charge in [0, 0.05) is 18.7 Å². The van der Waals surface area contributed by atoms with Gasteiger partial charge >= 0.3 is 0 Å². The molecule has 1 fully saturated rings. The number of hydrogen-bond acceptors (Lipinski definition) is 5. The molecule has 9 heteroatoms. The first-order chi connectivity index (χ1) is 9.75. The van der Waals surface area contributed by atoms with Crippen LogP contribution < -0.4 is 5.73 Å². The van der Waals surface area contributed by atoms with Crippen LogP contribution >= 0.6 is 11.6 Å². The molecule has 0 aromatic heterocycles. The van der Waals surface area contributed by atoms with Crippen molar-refractivity contribution in [2.75, 3.05) is 6.54 Å². The highest BCUT2D eigenvalue weighted by atomic mass is 35.5. The Bertz CT molecular complexity index is 664. The third kappa shape index (κ3) is 3.03. The molecule has 2 atom stereocenters. The second-order valence-electron chi connectivity index (χ2n) is 5.10. The first-order valence-corrected chi connectivity index (χ1v) is 8.28. The van der Waals surface area contributed by atoms with Crippen molar-refractivity contribution in [3.05, 3.63) is 33.3 Å². The number of halogens is 1. The lowest BCUT2D eigenvalue weighted by Gasteiger charge is -2.36. The number of nitro groups is 1. The molecule has 7 nitrogen and oxygen atoms in total. The Hall–Kier alpha value is -1.22. The lowest BCUT2D eigenvalue weighted by atomic mass is 9.99. The topological polar surface area (TPSA) is 107 Å². The van der Waals surface area contributed by atoms with Crippen LogP contribution in [0.15, 0.2) is 23.1 Å². The van der Waals surface area contributed by atoms with Gasteiger partial charge in [-0.1, -0.05) is 18.5 Å². The summed E-state index contributed by atoms with van der Waals surface area (Å²) < 4.78 is 26.5. The summed E-state index contributed by atoms with van der Waals surface area (Å²) in [4.78, 5) is 9.90. The zero-order chi connectivity index (χ0) is 15.8. The Morgan fingerprint density at radius 1 is 1.48 bits per heavy atom. The van der Waals surface area contributed by atoms with Crippen LogP contribution in [0.5, 0.6) is 0 Å². The molecule has 1 aliphatic rings. The van der Waals surface area contributed by atoms with Gasteiger partial charge in [0.1, 0.15) is 4.90 Å². The molecule has 1 aromatic carbocycles. The molecule has 21 heavy (non-hydrogen) atoms. The fourth-order valence-corrected chi connectivity index (χ4v) is 4.56. The maximum atomic E-state index is 12.6. The van der Waals surface area contributed by atoms with Crippen LogP contribution in [-0.2, 0) is 10.0 Å². The van der Waals surface area contributed by atoms with Crippen molar-refractivity contribution in [2.45, 2.75) is 30.8 Å². The number of nitrogens with two attached hydrogens (primary N) is 1. The molecule has 2 unspecified atom stereocenters. The van der Waals surface area contributed by atoms with E-state index in [1.807, 2.05) is 6.92 Å². The highest BCUT2D eigenvalue weighted by Crippen LogP contribution is 2.32. The summed E-state index contributed by atoms with van der Waals surface area (Å²) in [5, 5.41) is 10.5. The molecule has 0 bridgehead atoms. The highest BCUT2D eigenvalue weighted by Gasteiger charge is 2.36. The lowest BCUT2D eigenvalue weighted by Crippen LogP contribution is -2.52. The fourth-order valence-electron chi connectivity index (χ4n) is 2.39. The molecule has 1 saturated heterocycles. The van der Waals surface area contributed by atoms with E-state index in [1.165, 1.54) is 4.31 Å². The van der Waals surface area contributed by atoms with Crippen LogP contribution in [0.2, 0.25) is 5.02 Å². The Kier molecular flexibility index (Phi) is 4.52. The second-order valence-corrected chi connectivity index (χ2v) is 7.36. The van der Waals surface area contributed by atoms with Gasteiger partial charge in [-0.2, -0.15) is 4.31 Å². The summed E-state index contributed by atoms with van der Waals surface area (Å²) in [6.07, 6.45) is 0.967. The van der Waals surface area contributed by atoms with Crippen molar-refractivity contribution in [1.29, 1.82) is 0 Å². The number of piperidine rings is 1. The minimum absolute atomic E-state index is 0.0466. The van der Waals surface area contributed by atoms with Crippen LogP contribution in [0.4, 0.5) is 5.69 Å². The van der Waals surface area contributed by atoms with Crippen molar-refractivity contribution in [2.24, 2.45) is 11.7 Å². The SMILES string of the molecule is CC1CCCN(S(=O)(=O)c2ccc([N+](=O)[O-])cc2Cl)C1N. The molecule has 0 radical (unpaired) electrons. The van der Waals surface area contributed by atoms with Gasteiger partial charge in [-0.25, -0.2) is 8.42 Å². The Labute approximate surface area is 127 Å². The van der Waals surface area contributed by atoms with Crippen molar-refractivity contribution in [1.82, 2.24) is 4.31 Å². The molecule has 0 saturated carbocycles. The standard InChI is InChI=1S/C12H16ClN3O4S/c1-8-3-2-6-15(12(8)14)21(19,20)11-5-4-9(16(17)18)7-10(11)13/h4-5,7-8,12H,2-3,6,14H2,1H3. The number of benzene rings is 1. The van der Waals surface area contributed by atoms with Gasteiger partial charge < -0.3 is 5.73 Å². The summed E-state index contributed by atoms with van der Waals surface area (Å²) in [5.74, 6) is 0.0466. The van der Waals surface area contributed by atoms with Crippen molar-refractivity contribution >= 4 is 27.3 Å².